The molecule has 1 heterocycles. The van der Waals surface area contributed by atoms with Gasteiger partial charge in [-0.15, -0.1) is 0 Å². The Kier molecular flexibility index (Phi) is 3.08. The minimum atomic E-state index is -1.10. The van der Waals surface area contributed by atoms with Crippen LogP contribution in [-0.4, -0.2) is 46.2 Å². The smallest absolute Gasteiger partial charge is 0.354 e. The van der Waals surface area contributed by atoms with Gasteiger partial charge in [-0.05, 0) is 14.1 Å². The maximum absolute atomic E-state index is 11.2. The number of nitrogens with one attached hydrogen (secondary N) is 1. The average molecular weight is 199 g/mol. The standard InChI is InChI=1S/C8H13N3O3/c1-10(2)3-4-11-6(7(12)13)5-9-8(11)14/h5H,3-4H2,1-2H3,(H,9,14)(H,12,13). The lowest BCUT2D eigenvalue weighted by Crippen LogP contribution is -2.27. The molecule has 6 nitrogen and oxygen atoms in total. The quantitative estimate of drug-likeness (QED) is 0.681. The molecule has 1 rings (SSSR count). The molecule has 1 aromatic heterocycles. The molecule has 0 aliphatic heterocycles. The fourth-order valence-electron chi connectivity index (χ4n) is 1.09. The molecule has 0 aliphatic carbocycles. The lowest BCUT2D eigenvalue weighted by Gasteiger charge is -2.09. The van der Waals surface area contributed by atoms with Gasteiger partial charge in [0, 0.05) is 19.3 Å². The first-order valence-corrected chi connectivity index (χ1v) is 4.18. The molecular formula is C8H13N3O3. The zero-order valence-electron chi connectivity index (χ0n) is 8.15. The van der Waals surface area contributed by atoms with E-state index >= 15 is 0 Å². The number of aromatic carboxylic acids is 1. The van der Waals surface area contributed by atoms with Crippen LogP contribution in [0.3, 0.4) is 0 Å². The van der Waals surface area contributed by atoms with E-state index in [2.05, 4.69) is 4.98 Å². The van der Waals surface area contributed by atoms with Crippen molar-refractivity contribution < 1.29 is 9.90 Å². The van der Waals surface area contributed by atoms with Crippen molar-refractivity contribution in [2.24, 2.45) is 0 Å². The summed E-state index contributed by atoms with van der Waals surface area (Å²) in [5.74, 6) is -1.10. The number of carboxylic acids is 1. The van der Waals surface area contributed by atoms with Gasteiger partial charge in [-0.1, -0.05) is 0 Å². The molecule has 0 fully saturated rings. The van der Waals surface area contributed by atoms with Crippen molar-refractivity contribution in [1.82, 2.24) is 14.5 Å². The third-order valence-electron chi connectivity index (χ3n) is 1.86. The van der Waals surface area contributed by atoms with Gasteiger partial charge in [0.15, 0.2) is 0 Å². The summed E-state index contributed by atoms with van der Waals surface area (Å²) in [6.45, 7) is 0.995. The Labute approximate surface area is 80.8 Å². The van der Waals surface area contributed by atoms with Gasteiger partial charge in [0.05, 0.1) is 0 Å². The van der Waals surface area contributed by atoms with Crippen molar-refractivity contribution in [2.75, 3.05) is 20.6 Å². The Hall–Kier alpha value is -1.56. The predicted octanol–water partition coefficient (Wildman–Crippen LogP) is -0.564. The van der Waals surface area contributed by atoms with E-state index in [-0.39, 0.29) is 11.4 Å². The number of imidazole rings is 1. The molecule has 0 atom stereocenters. The van der Waals surface area contributed by atoms with Crippen molar-refractivity contribution >= 4 is 5.97 Å². The second-order valence-electron chi connectivity index (χ2n) is 3.24. The van der Waals surface area contributed by atoms with E-state index in [4.69, 9.17) is 5.11 Å². The van der Waals surface area contributed by atoms with E-state index in [9.17, 15) is 9.59 Å². The van der Waals surface area contributed by atoms with Gasteiger partial charge in [0.1, 0.15) is 5.69 Å². The van der Waals surface area contributed by atoms with Crippen LogP contribution in [0.5, 0.6) is 0 Å². The van der Waals surface area contributed by atoms with Gasteiger partial charge in [-0.3, -0.25) is 4.57 Å². The van der Waals surface area contributed by atoms with Crippen LogP contribution >= 0.6 is 0 Å². The number of H-pyrrole nitrogens is 1. The van der Waals surface area contributed by atoms with Crippen LogP contribution in [-0.2, 0) is 6.54 Å². The number of likely N-dealkylation sites (N-methyl/N-ethyl adjacent to an activating group) is 1. The van der Waals surface area contributed by atoms with Crippen LogP contribution in [0.1, 0.15) is 10.5 Å². The highest BCUT2D eigenvalue weighted by Crippen LogP contribution is 1.94. The summed E-state index contributed by atoms with van der Waals surface area (Å²) in [4.78, 5) is 26.1. The van der Waals surface area contributed by atoms with Gasteiger partial charge in [0.25, 0.3) is 0 Å². The lowest BCUT2D eigenvalue weighted by atomic mass is 10.4. The van der Waals surface area contributed by atoms with Crippen LogP contribution in [0, 0.1) is 0 Å². The van der Waals surface area contributed by atoms with Crippen molar-refractivity contribution in [2.45, 2.75) is 6.54 Å². The molecule has 14 heavy (non-hydrogen) atoms. The first-order valence-electron chi connectivity index (χ1n) is 4.18. The minimum absolute atomic E-state index is 0.00292. The molecule has 0 aliphatic rings. The maximum atomic E-state index is 11.2. The van der Waals surface area contributed by atoms with Crippen molar-refractivity contribution in [1.29, 1.82) is 0 Å². The third-order valence-corrected chi connectivity index (χ3v) is 1.86. The Bertz CT molecular complexity index is 377. The summed E-state index contributed by atoms with van der Waals surface area (Å²) in [7, 11) is 3.72. The second kappa shape index (κ2) is 4.10. The van der Waals surface area contributed by atoms with E-state index in [1.807, 2.05) is 19.0 Å². The summed E-state index contributed by atoms with van der Waals surface area (Å²) in [6, 6.07) is 0. The SMILES string of the molecule is CN(C)CCn1c(C(=O)O)c[nH]c1=O. The number of aromatic nitrogens is 2. The number of carbonyl (C=O) groups is 1. The number of aromatic amines is 1. The van der Waals surface area contributed by atoms with E-state index < -0.39 is 5.97 Å². The molecule has 0 saturated carbocycles. The fourth-order valence-corrected chi connectivity index (χ4v) is 1.09. The Morgan fingerprint density at radius 2 is 2.29 bits per heavy atom. The predicted molar refractivity (Wildman–Crippen MR) is 50.6 cm³/mol. The second-order valence-corrected chi connectivity index (χ2v) is 3.24. The molecule has 6 heteroatoms. The summed E-state index contributed by atoms with van der Waals surface area (Å²) in [6.07, 6.45) is 1.21. The Morgan fingerprint density at radius 3 is 2.79 bits per heavy atom. The first-order chi connectivity index (χ1) is 6.52. The molecular weight excluding hydrogens is 186 g/mol. The molecule has 0 amide bonds. The molecule has 0 radical (unpaired) electrons. The molecule has 2 N–H and O–H groups in total. The summed E-state index contributed by atoms with van der Waals surface area (Å²) in [5.41, 5.74) is -0.388. The number of rotatable bonds is 4. The minimum Gasteiger partial charge on any atom is -0.477 e. The molecule has 0 unspecified atom stereocenters. The average Bonchev–Trinajstić information content (AvgIpc) is 2.43. The zero-order valence-corrected chi connectivity index (χ0v) is 8.15. The van der Waals surface area contributed by atoms with E-state index in [1.165, 1.54) is 10.8 Å². The van der Waals surface area contributed by atoms with Crippen LogP contribution in [0.4, 0.5) is 0 Å². The summed E-state index contributed by atoms with van der Waals surface area (Å²) < 4.78 is 1.21. The highest BCUT2D eigenvalue weighted by atomic mass is 16.4. The number of hydrogen-bond acceptors (Lipinski definition) is 3. The molecule has 1 aromatic rings. The van der Waals surface area contributed by atoms with Crippen LogP contribution < -0.4 is 5.69 Å². The highest BCUT2D eigenvalue weighted by Gasteiger charge is 2.12. The van der Waals surface area contributed by atoms with E-state index in [1.54, 1.807) is 0 Å². The Morgan fingerprint density at radius 1 is 1.64 bits per heavy atom. The monoisotopic (exact) mass is 199 g/mol. The largest absolute Gasteiger partial charge is 0.477 e. The topological polar surface area (TPSA) is 78.3 Å². The van der Waals surface area contributed by atoms with Gasteiger partial charge >= 0.3 is 11.7 Å². The van der Waals surface area contributed by atoms with Crippen molar-refractivity contribution in [3.8, 4) is 0 Å². The maximum Gasteiger partial charge on any atom is 0.354 e. The van der Waals surface area contributed by atoms with Crippen molar-refractivity contribution in [3.63, 3.8) is 0 Å². The van der Waals surface area contributed by atoms with Crippen LogP contribution in [0.2, 0.25) is 0 Å². The third kappa shape index (κ3) is 2.23. The number of carboxylic acid groups (broad SMARTS) is 1. The Balaban J connectivity index is 2.89. The summed E-state index contributed by atoms with van der Waals surface area (Å²) >= 11 is 0. The van der Waals surface area contributed by atoms with Crippen LogP contribution in [0.15, 0.2) is 11.0 Å². The van der Waals surface area contributed by atoms with E-state index in [0.29, 0.717) is 13.1 Å². The molecule has 0 aromatic carbocycles. The normalized spacial score (nSPS) is 10.8. The number of nitrogens with zero attached hydrogens (tertiary/aromatic N) is 2. The summed E-state index contributed by atoms with van der Waals surface area (Å²) in [5, 5.41) is 8.75. The zero-order chi connectivity index (χ0) is 10.7. The van der Waals surface area contributed by atoms with Gasteiger partial charge < -0.3 is 15.0 Å². The molecule has 78 valence electrons. The molecule has 0 spiro atoms. The fraction of sp³-hybridized carbons (Fsp3) is 0.500. The van der Waals surface area contributed by atoms with Crippen molar-refractivity contribution in [3.05, 3.63) is 22.4 Å². The molecule has 0 saturated heterocycles. The molecule has 0 bridgehead atoms. The van der Waals surface area contributed by atoms with Crippen LogP contribution in [0.25, 0.3) is 0 Å². The van der Waals surface area contributed by atoms with Gasteiger partial charge in [-0.2, -0.15) is 0 Å². The van der Waals surface area contributed by atoms with Gasteiger partial charge in [0.2, 0.25) is 0 Å². The highest BCUT2D eigenvalue weighted by molar-refractivity contribution is 5.85. The lowest BCUT2D eigenvalue weighted by molar-refractivity contribution is 0.0684. The van der Waals surface area contributed by atoms with Gasteiger partial charge in [-0.25, -0.2) is 9.59 Å². The van der Waals surface area contributed by atoms with E-state index in [0.717, 1.165) is 0 Å². The first kappa shape index (κ1) is 10.5. The number of hydrogen-bond donors (Lipinski definition) is 2.